The van der Waals surface area contributed by atoms with Crippen molar-refractivity contribution in [2.45, 2.75) is 20.0 Å². The molecule has 1 heterocycles. The van der Waals surface area contributed by atoms with Gasteiger partial charge in [0, 0.05) is 25.5 Å². The number of nitrogens with zero attached hydrogens (tertiary/aromatic N) is 1. The number of aryl methyl sites for hydroxylation is 1. The fourth-order valence-electron chi connectivity index (χ4n) is 2.03. The van der Waals surface area contributed by atoms with Gasteiger partial charge in [-0.15, -0.1) is 0 Å². The van der Waals surface area contributed by atoms with Gasteiger partial charge in [0.15, 0.2) is 11.5 Å². The first-order valence-electron chi connectivity index (χ1n) is 6.55. The van der Waals surface area contributed by atoms with Gasteiger partial charge in [-0.1, -0.05) is 6.07 Å². The first-order chi connectivity index (χ1) is 9.74. The Kier molecular flexibility index (Phi) is 4.96. The van der Waals surface area contributed by atoms with E-state index in [1.54, 1.807) is 14.2 Å². The van der Waals surface area contributed by atoms with Crippen molar-refractivity contribution in [3.05, 3.63) is 53.3 Å². The summed E-state index contributed by atoms with van der Waals surface area (Å²) in [5.74, 6) is 1.51. The van der Waals surface area contributed by atoms with E-state index in [9.17, 15) is 0 Å². The summed E-state index contributed by atoms with van der Waals surface area (Å²) in [7, 11) is 3.29. The van der Waals surface area contributed by atoms with Gasteiger partial charge < -0.3 is 14.8 Å². The van der Waals surface area contributed by atoms with Crippen molar-refractivity contribution in [2.75, 3.05) is 14.2 Å². The zero-order valence-corrected chi connectivity index (χ0v) is 12.1. The van der Waals surface area contributed by atoms with Crippen molar-refractivity contribution < 1.29 is 9.47 Å². The summed E-state index contributed by atoms with van der Waals surface area (Å²) in [6.45, 7) is 3.67. The third-order valence-electron chi connectivity index (χ3n) is 3.23. The number of ether oxygens (including phenoxy) is 2. The van der Waals surface area contributed by atoms with Crippen LogP contribution in [0.15, 0.2) is 36.7 Å². The van der Waals surface area contributed by atoms with E-state index in [2.05, 4.69) is 17.2 Å². The number of pyridine rings is 1. The Hall–Kier alpha value is -2.07. The number of hydrogen-bond donors (Lipinski definition) is 1. The lowest BCUT2D eigenvalue weighted by Gasteiger charge is -2.11. The molecule has 0 spiro atoms. The van der Waals surface area contributed by atoms with Crippen LogP contribution in [0.3, 0.4) is 0 Å². The molecule has 0 saturated heterocycles. The highest BCUT2D eigenvalue weighted by molar-refractivity contribution is 5.42. The summed E-state index contributed by atoms with van der Waals surface area (Å²) >= 11 is 0. The van der Waals surface area contributed by atoms with Crippen molar-refractivity contribution >= 4 is 0 Å². The topological polar surface area (TPSA) is 43.4 Å². The maximum atomic E-state index is 5.30. The molecule has 0 bridgehead atoms. The van der Waals surface area contributed by atoms with E-state index in [1.807, 2.05) is 36.7 Å². The monoisotopic (exact) mass is 272 g/mol. The van der Waals surface area contributed by atoms with E-state index in [1.165, 1.54) is 11.1 Å². The number of nitrogens with one attached hydrogen (secondary N) is 1. The molecule has 0 aliphatic rings. The Morgan fingerprint density at radius 2 is 1.85 bits per heavy atom. The molecule has 2 rings (SSSR count). The lowest BCUT2D eigenvalue weighted by Crippen LogP contribution is -2.13. The van der Waals surface area contributed by atoms with Crippen molar-refractivity contribution in [1.29, 1.82) is 0 Å². The van der Waals surface area contributed by atoms with Crippen molar-refractivity contribution in [1.82, 2.24) is 10.3 Å². The van der Waals surface area contributed by atoms with Crippen molar-refractivity contribution in [3.8, 4) is 11.5 Å². The van der Waals surface area contributed by atoms with Crippen LogP contribution < -0.4 is 14.8 Å². The minimum Gasteiger partial charge on any atom is -0.493 e. The molecule has 0 amide bonds. The first kappa shape index (κ1) is 14.3. The van der Waals surface area contributed by atoms with Gasteiger partial charge >= 0.3 is 0 Å². The highest BCUT2D eigenvalue weighted by atomic mass is 16.5. The molecule has 4 nitrogen and oxygen atoms in total. The maximum absolute atomic E-state index is 5.30. The van der Waals surface area contributed by atoms with Crippen LogP contribution in [0.25, 0.3) is 0 Å². The minimum atomic E-state index is 0.751. The lowest BCUT2D eigenvalue weighted by molar-refractivity contribution is 0.354. The lowest BCUT2D eigenvalue weighted by atomic mass is 10.1. The minimum absolute atomic E-state index is 0.751. The summed E-state index contributed by atoms with van der Waals surface area (Å²) in [6, 6.07) is 7.99. The average molecular weight is 272 g/mol. The van der Waals surface area contributed by atoms with Crippen LogP contribution in [0, 0.1) is 6.92 Å². The Morgan fingerprint density at radius 3 is 2.55 bits per heavy atom. The first-order valence-corrected chi connectivity index (χ1v) is 6.55. The van der Waals surface area contributed by atoms with E-state index in [0.29, 0.717) is 0 Å². The van der Waals surface area contributed by atoms with E-state index in [0.717, 1.165) is 30.2 Å². The van der Waals surface area contributed by atoms with Crippen LogP contribution in [0.4, 0.5) is 0 Å². The summed E-state index contributed by atoms with van der Waals surface area (Å²) in [5.41, 5.74) is 3.63. The second-order valence-electron chi connectivity index (χ2n) is 4.60. The van der Waals surface area contributed by atoms with Crippen LogP contribution >= 0.6 is 0 Å². The molecular weight excluding hydrogens is 252 g/mol. The highest BCUT2D eigenvalue weighted by Crippen LogP contribution is 2.27. The molecule has 0 fully saturated rings. The predicted molar refractivity (Wildman–Crippen MR) is 79.1 cm³/mol. The summed E-state index contributed by atoms with van der Waals surface area (Å²) in [4.78, 5) is 4.09. The summed E-state index contributed by atoms with van der Waals surface area (Å²) in [5, 5.41) is 3.42. The average Bonchev–Trinajstić information content (AvgIpc) is 2.49. The third kappa shape index (κ3) is 3.48. The van der Waals surface area contributed by atoms with Crippen molar-refractivity contribution in [3.63, 3.8) is 0 Å². The zero-order chi connectivity index (χ0) is 14.4. The Labute approximate surface area is 119 Å². The van der Waals surface area contributed by atoms with Gasteiger partial charge in [0.1, 0.15) is 0 Å². The van der Waals surface area contributed by atoms with E-state index in [4.69, 9.17) is 9.47 Å². The van der Waals surface area contributed by atoms with Gasteiger partial charge in [-0.3, -0.25) is 4.98 Å². The predicted octanol–water partition coefficient (Wildman–Crippen LogP) is 2.70. The number of hydrogen-bond acceptors (Lipinski definition) is 4. The molecule has 0 aliphatic carbocycles. The smallest absolute Gasteiger partial charge is 0.161 e. The fraction of sp³-hybridized carbons (Fsp3) is 0.312. The summed E-state index contributed by atoms with van der Waals surface area (Å²) in [6.07, 6.45) is 3.70. The highest BCUT2D eigenvalue weighted by Gasteiger charge is 2.04. The molecule has 2 aromatic rings. The molecule has 0 aliphatic heterocycles. The number of methoxy groups -OCH3 is 2. The Balaban J connectivity index is 1.96. The van der Waals surface area contributed by atoms with Gasteiger partial charge in [-0.05, 0) is 41.8 Å². The quantitative estimate of drug-likeness (QED) is 0.878. The van der Waals surface area contributed by atoms with E-state index in [-0.39, 0.29) is 0 Å². The second kappa shape index (κ2) is 6.91. The number of benzene rings is 1. The van der Waals surface area contributed by atoms with Crippen LogP contribution in [0.5, 0.6) is 11.5 Å². The van der Waals surface area contributed by atoms with Gasteiger partial charge in [0.2, 0.25) is 0 Å². The van der Waals surface area contributed by atoms with Gasteiger partial charge in [-0.25, -0.2) is 0 Å². The molecule has 0 atom stereocenters. The molecular formula is C16H20N2O2. The van der Waals surface area contributed by atoms with Crippen LogP contribution in [-0.4, -0.2) is 19.2 Å². The second-order valence-corrected chi connectivity index (χ2v) is 4.60. The largest absolute Gasteiger partial charge is 0.493 e. The Morgan fingerprint density at radius 1 is 1.05 bits per heavy atom. The molecule has 0 radical (unpaired) electrons. The van der Waals surface area contributed by atoms with Crippen molar-refractivity contribution in [2.24, 2.45) is 0 Å². The summed E-state index contributed by atoms with van der Waals surface area (Å²) < 4.78 is 10.5. The molecule has 0 saturated carbocycles. The molecule has 1 aromatic carbocycles. The molecule has 20 heavy (non-hydrogen) atoms. The molecule has 106 valence electrons. The van der Waals surface area contributed by atoms with Gasteiger partial charge in [0.25, 0.3) is 0 Å². The van der Waals surface area contributed by atoms with E-state index >= 15 is 0 Å². The number of aromatic nitrogens is 1. The zero-order valence-electron chi connectivity index (χ0n) is 12.1. The van der Waals surface area contributed by atoms with Gasteiger partial charge in [-0.2, -0.15) is 0 Å². The molecule has 0 unspecified atom stereocenters. The van der Waals surface area contributed by atoms with Crippen LogP contribution in [0.2, 0.25) is 0 Å². The number of rotatable bonds is 6. The van der Waals surface area contributed by atoms with E-state index < -0.39 is 0 Å². The third-order valence-corrected chi connectivity index (χ3v) is 3.23. The van der Waals surface area contributed by atoms with Gasteiger partial charge in [0.05, 0.1) is 14.2 Å². The molecule has 1 N–H and O–H groups in total. The fourth-order valence-corrected chi connectivity index (χ4v) is 2.03. The standard InChI is InChI=1S/C16H20N2O2/c1-12-9-17-7-6-14(12)11-18-10-13-4-5-15(19-2)16(8-13)20-3/h4-9,18H,10-11H2,1-3H3. The maximum Gasteiger partial charge on any atom is 0.161 e. The normalized spacial score (nSPS) is 10.3. The SMILES string of the molecule is COc1ccc(CNCc2ccncc2C)cc1OC. The van der Waals surface area contributed by atoms with Crippen LogP contribution in [0.1, 0.15) is 16.7 Å². The molecule has 1 aromatic heterocycles. The van der Waals surface area contributed by atoms with Crippen LogP contribution in [-0.2, 0) is 13.1 Å². The molecule has 4 heteroatoms. The Bertz CT molecular complexity index is 570.